The van der Waals surface area contributed by atoms with Crippen LogP contribution in [-0.2, 0) is 0 Å². The number of fused-ring (bicyclic) bond motifs is 1. The van der Waals surface area contributed by atoms with E-state index in [1.807, 2.05) is 19.1 Å². The molecule has 0 atom stereocenters. The fourth-order valence-corrected chi connectivity index (χ4v) is 2.06. The number of rotatable bonds is 1. The number of hydrogen-bond donors (Lipinski definition) is 1. The van der Waals surface area contributed by atoms with Crippen molar-refractivity contribution in [1.82, 2.24) is 9.97 Å². The zero-order chi connectivity index (χ0) is 14.3. The summed E-state index contributed by atoms with van der Waals surface area (Å²) in [7, 11) is 0. The summed E-state index contributed by atoms with van der Waals surface area (Å²) in [4.78, 5) is 8.39. The molecule has 100 valence electrons. The zero-order valence-electron chi connectivity index (χ0n) is 10.7. The predicted octanol–water partition coefficient (Wildman–Crippen LogP) is 3.47. The maximum atomic E-state index is 13.8. The molecule has 0 saturated heterocycles. The van der Waals surface area contributed by atoms with Gasteiger partial charge < -0.3 is 5.73 Å². The topological polar surface area (TPSA) is 51.8 Å². The molecule has 0 unspecified atom stereocenters. The van der Waals surface area contributed by atoms with Crippen LogP contribution in [0.5, 0.6) is 0 Å². The number of aromatic nitrogens is 2. The third-order valence-corrected chi connectivity index (χ3v) is 3.05. The van der Waals surface area contributed by atoms with Gasteiger partial charge in [-0.05, 0) is 31.2 Å². The summed E-state index contributed by atoms with van der Waals surface area (Å²) in [5.41, 5.74) is 7.68. The van der Waals surface area contributed by atoms with Gasteiger partial charge in [0, 0.05) is 11.5 Å². The summed E-state index contributed by atoms with van der Waals surface area (Å²) in [6.07, 6.45) is 0. The van der Waals surface area contributed by atoms with E-state index in [-0.39, 0.29) is 17.2 Å². The second-order valence-electron chi connectivity index (χ2n) is 4.58. The molecule has 5 heteroatoms. The standard InChI is InChI=1S/C15H11F2N3/c1-8-2-5-13-11(6-8)14(18)20-15(19-13)10-4-3-9(16)7-12(10)17/h2-7H,1H3,(H2,18,19,20). The van der Waals surface area contributed by atoms with Gasteiger partial charge in [0.25, 0.3) is 0 Å². The molecule has 0 radical (unpaired) electrons. The van der Waals surface area contributed by atoms with Gasteiger partial charge in [-0.1, -0.05) is 11.6 Å². The highest BCUT2D eigenvalue weighted by molar-refractivity contribution is 5.90. The van der Waals surface area contributed by atoms with E-state index < -0.39 is 11.6 Å². The third kappa shape index (κ3) is 2.07. The Hall–Kier alpha value is -2.56. The molecule has 3 rings (SSSR count). The molecule has 0 aliphatic heterocycles. The Morgan fingerprint density at radius 2 is 1.80 bits per heavy atom. The molecule has 2 aromatic carbocycles. The van der Waals surface area contributed by atoms with Crippen molar-refractivity contribution >= 4 is 16.7 Å². The van der Waals surface area contributed by atoms with E-state index in [1.54, 1.807) is 6.07 Å². The van der Waals surface area contributed by atoms with E-state index in [9.17, 15) is 8.78 Å². The molecule has 3 nitrogen and oxygen atoms in total. The number of nitrogens with two attached hydrogens (primary N) is 1. The number of nitrogens with zero attached hydrogens (tertiary/aromatic N) is 2. The highest BCUT2D eigenvalue weighted by atomic mass is 19.1. The first kappa shape index (κ1) is 12.5. The maximum Gasteiger partial charge on any atom is 0.165 e. The highest BCUT2D eigenvalue weighted by Gasteiger charge is 2.12. The Morgan fingerprint density at radius 3 is 2.55 bits per heavy atom. The van der Waals surface area contributed by atoms with Crippen molar-refractivity contribution in [3.63, 3.8) is 0 Å². The molecule has 1 aromatic heterocycles. The van der Waals surface area contributed by atoms with Gasteiger partial charge in [-0.2, -0.15) is 0 Å². The average Bonchev–Trinajstić information content (AvgIpc) is 2.39. The van der Waals surface area contributed by atoms with Crippen LogP contribution < -0.4 is 5.73 Å². The Morgan fingerprint density at radius 1 is 1.00 bits per heavy atom. The molecular weight excluding hydrogens is 260 g/mol. The minimum atomic E-state index is -0.712. The molecule has 0 saturated carbocycles. The van der Waals surface area contributed by atoms with E-state index in [2.05, 4.69) is 9.97 Å². The van der Waals surface area contributed by atoms with Crippen molar-refractivity contribution in [2.24, 2.45) is 0 Å². The van der Waals surface area contributed by atoms with Crippen molar-refractivity contribution in [1.29, 1.82) is 0 Å². The molecule has 1 heterocycles. The average molecular weight is 271 g/mol. The van der Waals surface area contributed by atoms with Crippen molar-refractivity contribution in [2.45, 2.75) is 6.92 Å². The van der Waals surface area contributed by atoms with Crippen molar-refractivity contribution < 1.29 is 8.78 Å². The van der Waals surface area contributed by atoms with Crippen LogP contribution in [0.25, 0.3) is 22.3 Å². The lowest BCUT2D eigenvalue weighted by Crippen LogP contribution is -1.99. The molecule has 2 N–H and O–H groups in total. The van der Waals surface area contributed by atoms with Gasteiger partial charge in [0.1, 0.15) is 17.5 Å². The van der Waals surface area contributed by atoms with Crippen LogP contribution in [0.3, 0.4) is 0 Å². The summed E-state index contributed by atoms with van der Waals surface area (Å²) >= 11 is 0. The van der Waals surface area contributed by atoms with Gasteiger partial charge in [-0.25, -0.2) is 18.7 Å². The van der Waals surface area contributed by atoms with Crippen LogP contribution in [0.15, 0.2) is 36.4 Å². The SMILES string of the molecule is Cc1ccc2nc(-c3ccc(F)cc3F)nc(N)c2c1. The van der Waals surface area contributed by atoms with E-state index >= 15 is 0 Å². The Kier molecular flexibility index (Phi) is 2.82. The van der Waals surface area contributed by atoms with Crippen molar-refractivity contribution in [3.8, 4) is 11.4 Å². The second-order valence-corrected chi connectivity index (χ2v) is 4.58. The van der Waals surface area contributed by atoms with E-state index in [1.165, 1.54) is 6.07 Å². The number of nitrogen functional groups attached to an aromatic ring is 1. The Labute approximate surface area is 114 Å². The molecule has 0 fully saturated rings. The van der Waals surface area contributed by atoms with Gasteiger partial charge in [0.05, 0.1) is 11.1 Å². The third-order valence-electron chi connectivity index (χ3n) is 3.05. The van der Waals surface area contributed by atoms with Crippen LogP contribution in [0.2, 0.25) is 0 Å². The number of benzene rings is 2. The molecule has 0 aliphatic carbocycles. The number of anilines is 1. The molecule has 20 heavy (non-hydrogen) atoms. The minimum Gasteiger partial charge on any atom is -0.383 e. The quantitative estimate of drug-likeness (QED) is 0.737. The van der Waals surface area contributed by atoms with Crippen LogP contribution in [0.4, 0.5) is 14.6 Å². The summed E-state index contributed by atoms with van der Waals surface area (Å²) < 4.78 is 26.7. The summed E-state index contributed by atoms with van der Waals surface area (Å²) in [5.74, 6) is -0.930. The summed E-state index contributed by atoms with van der Waals surface area (Å²) in [6, 6.07) is 8.83. The fourth-order valence-electron chi connectivity index (χ4n) is 2.06. The number of hydrogen-bond acceptors (Lipinski definition) is 3. The van der Waals surface area contributed by atoms with Gasteiger partial charge >= 0.3 is 0 Å². The van der Waals surface area contributed by atoms with Gasteiger partial charge in [0.2, 0.25) is 0 Å². The van der Waals surface area contributed by atoms with Crippen molar-refractivity contribution in [3.05, 3.63) is 53.6 Å². The second kappa shape index (κ2) is 4.52. The Balaban J connectivity index is 2.24. The van der Waals surface area contributed by atoms with Gasteiger partial charge in [-0.15, -0.1) is 0 Å². The van der Waals surface area contributed by atoms with Crippen molar-refractivity contribution in [2.75, 3.05) is 5.73 Å². The normalized spacial score (nSPS) is 10.9. The van der Waals surface area contributed by atoms with Gasteiger partial charge in [-0.3, -0.25) is 0 Å². The minimum absolute atomic E-state index is 0.126. The number of aryl methyl sites for hydroxylation is 1. The first-order valence-corrected chi connectivity index (χ1v) is 6.04. The largest absolute Gasteiger partial charge is 0.383 e. The number of halogens is 2. The summed E-state index contributed by atoms with van der Waals surface area (Å²) in [6.45, 7) is 1.94. The van der Waals surface area contributed by atoms with Crippen LogP contribution in [0, 0.1) is 18.6 Å². The van der Waals surface area contributed by atoms with E-state index in [0.29, 0.717) is 5.52 Å². The molecule has 0 spiro atoms. The lowest BCUT2D eigenvalue weighted by atomic mass is 10.1. The lowest BCUT2D eigenvalue weighted by Gasteiger charge is -2.07. The Bertz CT molecular complexity index is 816. The highest BCUT2D eigenvalue weighted by Crippen LogP contribution is 2.25. The van der Waals surface area contributed by atoms with Crippen LogP contribution in [-0.4, -0.2) is 9.97 Å². The van der Waals surface area contributed by atoms with Gasteiger partial charge in [0.15, 0.2) is 5.82 Å². The first-order chi connectivity index (χ1) is 9.54. The maximum absolute atomic E-state index is 13.8. The lowest BCUT2D eigenvalue weighted by molar-refractivity contribution is 0.585. The first-order valence-electron chi connectivity index (χ1n) is 6.04. The molecule has 0 aliphatic rings. The zero-order valence-corrected chi connectivity index (χ0v) is 10.7. The monoisotopic (exact) mass is 271 g/mol. The van der Waals surface area contributed by atoms with Crippen LogP contribution in [0.1, 0.15) is 5.56 Å². The molecule has 3 aromatic rings. The molecule has 0 amide bonds. The molecular formula is C15H11F2N3. The predicted molar refractivity (Wildman–Crippen MR) is 74.0 cm³/mol. The molecule has 0 bridgehead atoms. The van der Waals surface area contributed by atoms with E-state index in [4.69, 9.17) is 5.73 Å². The smallest absolute Gasteiger partial charge is 0.165 e. The fraction of sp³-hybridized carbons (Fsp3) is 0.0667. The van der Waals surface area contributed by atoms with E-state index in [0.717, 1.165) is 23.1 Å². The summed E-state index contributed by atoms with van der Waals surface area (Å²) in [5, 5.41) is 0.719. The van der Waals surface area contributed by atoms with Crippen LogP contribution >= 0.6 is 0 Å².